The molecule has 0 amide bonds. The molecule has 21 heavy (non-hydrogen) atoms. The number of sulfonamides is 1. The summed E-state index contributed by atoms with van der Waals surface area (Å²) in [6, 6.07) is 5.49. The average Bonchev–Trinajstić information content (AvgIpc) is 2.82. The third-order valence-corrected chi connectivity index (χ3v) is 4.19. The molecule has 2 aromatic rings. The summed E-state index contributed by atoms with van der Waals surface area (Å²) in [6.45, 7) is 0. The predicted molar refractivity (Wildman–Crippen MR) is 76.7 cm³/mol. The van der Waals surface area contributed by atoms with Crippen LogP contribution in [0, 0.1) is 10.1 Å². The number of nitrogens with zero attached hydrogens (tertiary/aromatic N) is 3. The lowest BCUT2D eigenvalue weighted by Crippen LogP contribution is -2.17. The lowest BCUT2D eigenvalue weighted by atomic mass is 10.3. The highest BCUT2D eigenvalue weighted by molar-refractivity contribution is 7.92. The third-order valence-electron chi connectivity index (χ3n) is 2.80. The second-order valence-corrected chi connectivity index (χ2v) is 5.76. The Morgan fingerprint density at radius 1 is 1.33 bits per heavy atom. The van der Waals surface area contributed by atoms with Gasteiger partial charge in [0.05, 0.1) is 11.1 Å². The van der Waals surface area contributed by atoms with Crippen molar-refractivity contribution in [3.8, 4) is 0 Å². The van der Waals surface area contributed by atoms with E-state index in [2.05, 4.69) is 15.1 Å². The van der Waals surface area contributed by atoms with E-state index in [1.54, 1.807) is 7.05 Å². The molecule has 1 aromatic carbocycles. The molecular weight excluding hydrogens is 298 g/mol. The minimum absolute atomic E-state index is 0.118. The number of anilines is 2. The van der Waals surface area contributed by atoms with Crippen LogP contribution < -0.4 is 10.0 Å². The number of benzene rings is 1. The van der Waals surface area contributed by atoms with Crippen LogP contribution in [-0.4, -0.2) is 30.2 Å². The van der Waals surface area contributed by atoms with E-state index in [1.807, 2.05) is 0 Å². The van der Waals surface area contributed by atoms with Crippen molar-refractivity contribution in [1.29, 1.82) is 0 Å². The molecule has 0 radical (unpaired) electrons. The molecule has 2 N–H and O–H groups in total. The standard InChI is InChI=1S/C11H13N5O4S/c1-12-8-4-3-5-9(11(8)16(17)18)21(19,20)14-10-6-7-13-15(10)2/h3-7,12,14H,1-2H3. The molecule has 0 aliphatic heterocycles. The molecule has 2 rings (SSSR count). The molecule has 0 spiro atoms. The fourth-order valence-electron chi connectivity index (χ4n) is 1.80. The molecular formula is C11H13N5O4S. The highest BCUT2D eigenvalue weighted by atomic mass is 32.2. The van der Waals surface area contributed by atoms with E-state index in [0.29, 0.717) is 0 Å². The van der Waals surface area contributed by atoms with E-state index < -0.39 is 25.5 Å². The highest BCUT2D eigenvalue weighted by Crippen LogP contribution is 2.32. The van der Waals surface area contributed by atoms with Gasteiger partial charge in [-0.05, 0) is 12.1 Å². The largest absolute Gasteiger partial charge is 0.383 e. The van der Waals surface area contributed by atoms with Crippen LogP contribution in [0.2, 0.25) is 0 Å². The van der Waals surface area contributed by atoms with E-state index in [-0.39, 0.29) is 11.5 Å². The second-order valence-electron chi connectivity index (χ2n) is 4.10. The van der Waals surface area contributed by atoms with Gasteiger partial charge in [0.25, 0.3) is 10.0 Å². The Hall–Kier alpha value is -2.62. The maximum Gasteiger partial charge on any atom is 0.312 e. The first-order valence-corrected chi connectivity index (χ1v) is 7.31. The van der Waals surface area contributed by atoms with Crippen LogP contribution in [0.25, 0.3) is 0 Å². The van der Waals surface area contributed by atoms with Gasteiger partial charge in [0, 0.05) is 20.2 Å². The number of aryl methyl sites for hydroxylation is 1. The number of hydrogen-bond acceptors (Lipinski definition) is 6. The van der Waals surface area contributed by atoms with Gasteiger partial charge in [-0.25, -0.2) is 8.42 Å². The molecule has 10 heteroatoms. The summed E-state index contributed by atoms with van der Waals surface area (Å²) in [5.74, 6) is 0.208. The average molecular weight is 311 g/mol. The van der Waals surface area contributed by atoms with Crippen molar-refractivity contribution in [1.82, 2.24) is 9.78 Å². The van der Waals surface area contributed by atoms with Gasteiger partial charge in [0.2, 0.25) is 0 Å². The van der Waals surface area contributed by atoms with Crippen molar-refractivity contribution >= 4 is 27.2 Å². The summed E-state index contributed by atoms with van der Waals surface area (Å²) in [6.07, 6.45) is 1.41. The van der Waals surface area contributed by atoms with Crippen LogP contribution in [-0.2, 0) is 17.1 Å². The summed E-state index contributed by atoms with van der Waals surface area (Å²) < 4.78 is 28.3. The lowest BCUT2D eigenvalue weighted by molar-refractivity contribution is -0.386. The Morgan fingerprint density at radius 2 is 2.05 bits per heavy atom. The highest BCUT2D eigenvalue weighted by Gasteiger charge is 2.29. The summed E-state index contributed by atoms with van der Waals surface area (Å²) in [5.41, 5.74) is -0.387. The van der Waals surface area contributed by atoms with Crippen molar-refractivity contribution < 1.29 is 13.3 Å². The number of para-hydroxylation sites is 1. The minimum atomic E-state index is -4.11. The minimum Gasteiger partial charge on any atom is -0.383 e. The van der Waals surface area contributed by atoms with Gasteiger partial charge >= 0.3 is 5.69 Å². The van der Waals surface area contributed by atoms with Crippen molar-refractivity contribution in [3.63, 3.8) is 0 Å². The topological polar surface area (TPSA) is 119 Å². The van der Waals surface area contributed by atoms with Crippen molar-refractivity contribution in [3.05, 3.63) is 40.6 Å². The van der Waals surface area contributed by atoms with Crippen molar-refractivity contribution in [2.24, 2.45) is 7.05 Å². The molecule has 1 heterocycles. The molecule has 0 unspecified atom stereocenters. The predicted octanol–water partition coefficient (Wildman–Crippen LogP) is 1.17. The number of rotatable bonds is 5. The Bertz CT molecular complexity index is 784. The maximum atomic E-state index is 12.4. The van der Waals surface area contributed by atoms with Gasteiger partial charge in [-0.2, -0.15) is 5.10 Å². The lowest BCUT2D eigenvalue weighted by Gasteiger charge is -2.10. The van der Waals surface area contributed by atoms with Crippen molar-refractivity contribution in [2.75, 3.05) is 17.1 Å². The van der Waals surface area contributed by atoms with E-state index in [0.717, 1.165) is 0 Å². The summed E-state index contributed by atoms with van der Waals surface area (Å²) in [4.78, 5) is 10.0. The normalized spacial score (nSPS) is 11.1. The number of nitro groups is 1. The zero-order valence-corrected chi connectivity index (χ0v) is 12.1. The molecule has 0 atom stereocenters. The maximum absolute atomic E-state index is 12.4. The molecule has 112 valence electrons. The first-order valence-electron chi connectivity index (χ1n) is 5.83. The molecule has 0 saturated carbocycles. The van der Waals surface area contributed by atoms with E-state index >= 15 is 0 Å². The SMILES string of the molecule is CNc1cccc(S(=O)(=O)Nc2ccnn2C)c1[N+](=O)[O-]. The monoisotopic (exact) mass is 311 g/mol. The van der Waals surface area contributed by atoms with Crippen LogP contribution >= 0.6 is 0 Å². The quantitative estimate of drug-likeness (QED) is 0.632. The molecule has 1 aromatic heterocycles. The Kier molecular flexibility index (Phi) is 3.80. The molecule has 0 aliphatic carbocycles. The molecule has 0 saturated heterocycles. The summed E-state index contributed by atoms with van der Waals surface area (Å²) in [5, 5.41) is 17.6. The molecule has 0 bridgehead atoms. The molecule has 0 fully saturated rings. The number of hydrogen-bond donors (Lipinski definition) is 2. The number of nitrogens with one attached hydrogen (secondary N) is 2. The van der Waals surface area contributed by atoms with Crippen LogP contribution in [0.1, 0.15) is 0 Å². The fourth-order valence-corrected chi connectivity index (χ4v) is 3.08. The van der Waals surface area contributed by atoms with Crippen molar-refractivity contribution in [2.45, 2.75) is 4.90 Å². The van der Waals surface area contributed by atoms with E-state index in [9.17, 15) is 18.5 Å². The van der Waals surface area contributed by atoms with Gasteiger partial charge in [0.1, 0.15) is 11.5 Å². The van der Waals surface area contributed by atoms with Gasteiger partial charge in [0.15, 0.2) is 4.90 Å². The van der Waals surface area contributed by atoms with Crippen LogP contribution in [0.4, 0.5) is 17.2 Å². The van der Waals surface area contributed by atoms with E-state index in [1.165, 1.54) is 42.2 Å². The first kappa shape index (κ1) is 14.8. The zero-order valence-electron chi connectivity index (χ0n) is 11.3. The molecule has 0 aliphatic rings. The number of aromatic nitrogens is 2. The number of nitro benzene ring substituents is 1. The van der Waals surface area contributed by atoms with Gasteiger partial charge in [-0.3, -0.25) is 19.5 Å². The Labute approximate surface area is 120 Å². The third kappa shape index (κ3) is 2.79. The Balaban J connectivity index is 2.55. The van der Waals surface area contributed by atoms with Crippen LogP contribution in [0.5, 0.6) is 0 Å². The smallest absolute Gasteiger partial charge is 0.312 e. The summed E-state index contributed by atoms with van der Waals surface area (Å²) >= 11 is 0. The fraction of sp³-hybridized carbons (Fsp3) is 0.182. The van der Waals surface area contributed by atoms with Crippen LogP contribution in [0.15, 0.2) is 35.4 Å². The van der Waals surface area contributed by atoms with Gasteiger partial charge in [-0.1, -0.05) is 6.07 Å². The van der Waals surface area contributed by atoms with E-state index in [4.69, 9.17) is 0 Å². The zero-order chi connectivity index (χ0) is 15.6. The molecule has 9 nitrogen and oxygen atoms in total. The van der Waals surface area contributed by atoms with Gasteiger partial charge in [-0.15, -0.1) is 0 Å². The van der Waals surface area contributed by atoms with Gasteiger partial charge < -0.3 is 5.32 Å². The summed E-state index contributed by atoms with van der Waals surface area (Å²) in [7, 11) is -1.08. The Morgan fingerprint density at radius 3 is 2.57 bits per heavy atom. The van der Waals surface area contributed by atoms with Crippen LogP contribution in [0.3, 0.4) is 0 Å². The second kappa shape index (κ2) is 5.40. The first-order chi connectivity index (χ1) is 9.86.